The molecular weight excluding hydrogens is 270 g/mol. The van der Waals surface area contributed by atoms with Crippen molar-refractivity contribution in [1.82, 2.24) is 4.98 Å². The molecule has 2 N–H and O–H groups in total. The molecule has 0 atom stereocenters. The zero-order valence-corrected chi connectivity index (χ0v) is 13.3. The quantitative estimate of drug-likeness (QED) is 0.864. The Morgan fingerprint density at radius 2 is 2.10 bits per heavy atom. The molecule has 0 saturated carbocycles. The van der Waals surface area contributed by atoms with Crippen LogP contribution in [0.5, 0.6) is 0 Å². The van der Waals surface area contributed by atoms with Crippen LogP contribution in [-0.2, 0) is 4.74 Å². The summed E-state index contributed by atoms with van der Waals surface area (Å²) in [5, 5.41) is 0. The fourth-order valence-corrected chi connectivity index (χ4v) is 3.11. The number of aryl methyl sites for hydroxylation is 2. The molecule has 2 rings (SSSR count). The molecule has 1 saturated heterocycles. The van der Waals surface area contributed by atoms with Crippen molar-refractivity contribution < 1.29 is 4.74 Å². The third-order valence-corrected chi connectivity index (χ3v) is 3.94. The standard InChI is InChI=1S/C15H23N3OS/c1-4-19-12-5-7-18(8-6-12)13-9-10(2)17-11(3)14(13)15(16)20/h9,12H,4-8H2,1-3H3,(H2,16,20). The molecule has 20 heavy (non-hydrogen) atoms. The van der Waals surface area contributed by atoms with Gasteiger partial charge in [-0.1, -0.05) is 12.2 Å². The van der Waals surface area contributed by atoms with E-state index in [1.165, 1.54) is 0 Å². The second-order valence-corrected chi connectivity index (χ2v) is 5.69. The van der Waals surface area contributed by atoms with E-state index in [4.69, 9.17) is 22.7 Å². The summed E-state index contributed by atoms with van der Waals surface area (Å²) in [5.41, 5.74) is 9.85. The van der Waals surface area contributed by atoms with E-state index in [2.05, 4.69) is 16.0 Å². The molecule has 0 aromatic carbocycles. The lowest BCUT2D eigenvalue weighted by atomic mass is 10.0. The van der Waals surface area contributed by atoms with Crippen molar-refractivity contribution in [2.24, 2.45) is 5.73 Å². The van der Waals surface area contributed by atoms with Crippen molar-refractivity contribution in [1.29, 1.82) is 0 Å². The van der Waals surface area contributed by atoms with Gasteiger partial charge in [-0.25, -0.2) is 0 Å². The second-order valence-electron chi connectivity index (χ2n) is 5.25. The molecule has 1 aliphatic heterocycles. The maximum absolute atomic E-state index is 5.89. The van der Waals surface area contributed by atoms with Crippen LogP contribution in [0.3, 0.4) is 0 Å². The zero-order valence-electron chi connectivity index (χ0n) is 12.5. The molecule has 1 fully saturated rings. The normalized spacial score (nSPS) is 16.4. The van der Waals surface area contributed by atoms with Crippen LogP contribution in [0.4, 0.5) is 5.69 Å². The van der Waals surface area contributed by atoms with Crippen molar-refractivity contribution in [3.63, 3.8) is 0 Å². The number of thiocarbonyl (C=S) groups is 1. The molecule has 1 aliphatic rings. The molecule has 5 heteroatoms. The zero-order chi connectivity index (χ0) is 14.7. The number of rotatable bonds is 4. The Morgan fingerprint density at radius 3 is 2.65 bits per heavy atom. The molecule has 0 aliphatic carbocycles. The first kappa shape index (κ1) is 15.2. The van der Waals surface area contributed by atoms with Gasteiger partial charge in [-0.3, -0.25) is 4.98 Å². The molecule has 0 bridgehead atoms. The van der Waals surface area contributed by atoms with Gasteiger partial charge in [-0.05, 0) is 39.7 Å². The minimum absolute atomic E-state index is 0.383. The number of piperidine rings is 1. The van der Waals surface area contributed by atoms with E-state index < -0.39 is 0 Å². The highest BCUT2D eigenvalue weighted by molar-refractivity contribution is 7.80. The van der Waals surface area contributed by atoms with E-state index in [-0.39, 0.29) is 0 Å². The van der Waals surface area contributed by atoms with Gasteiger partial charge in [-0.15, -0.1) is 0 Å². The average Bonchev–Trinajstić information content (AvgIpc) is 2.38. The first-order chi connectivity index (χ1) is 9.52. The maximum Gasteiger partial charge on any atom is 0.107 e. The van der Waals surface area contributed by atoms with E-state index in [9.17, 15) is 0 Å². The lowest BCUT2D eigenvalue weighted by Gasteiger charge is -2.34. The second kappa shape index (κ2) is 6.50. The SMILES string of the molecule is CCOC1CCN(c2cc(C)nc(C)c2C(N)=S)CC1. The topological polar surface area (TPSA) is 51.4 Å². The van der Waals surface area contributed by atoms with E-state index in [1.54, 1.807) is 0 Å². The van der Waals surface area contributed by atoms with Gasteiger partial charge >= 0.3 is 0 Å². The number of nitrogens with two attached hydrogens (primary N) is 1. The summed E-state index contributed by atoms with van der Waals surface area (Å²) in [7, 11) is 0. The third-order valence-electron chi connectivity index (χ3n) is 3.74. The number of ether oxygens (including phenoxy) is 1. The van der Waals surface area contributed by atoms with Gasteiger partial charge < -0.3 is 15.4 Å². The number of anilines is 1. The summed E-state index contributed by atoms with van der Waals surface area (Å²) in [6, 6.07) is 2.09. The summed E-state index contributed by atoms with van der Waals surface area (Å²) in [4.78, 5) is 7.26. The maximum atomic E-state index is 5.89. The Balaban J connectivity index is 2.23. The molecule has 2 heterocycles. The lowest BCUT2D eigenvalue weighted by Crippen LogP contribution is -2.38. The average molecular weight is 293 g/mol. The highest BCUT2D eigenvalue weighted by Crippen LogP contribution is 2.27. The number of nitrogens with zero attached hydrogens (tertiary/aromatic N) is 2. The van der Waals surface area contributed by atoms with Crippen molar-refractivity contribution in [2.75, 3.05) is 24.6 Å². The number of aromatic nitrogens is 1. The third kappa shape index (κ3) is 3.27. The molecule has 0 spiro atoms. The number of hydrogen-bond acceptors (Lipinski definition) is 4. The summed E-state index contributed by atoms with van der Waals surface area (Å²) in [6.45, 7) is 8.76. The first-order valence-corrected chi connectivity index (χ1v) is 7.58. The Hall–Kier alpha value is -1.20. The molecule has 0 radical (unpaired) electrons. The molecule has 4 nitrogen and oxygen atoms in total. The summed E-state index contributed by atoms with van der Waals surface area (Å²) >= 11 is 5.20. The van der Waals surface area contributed by atoms with Gasteiger partial charge in [0.15, 0.2) is 0 Å². The molecular formula is C15H23N3OS. The van der Waals surface area contributed by atoms with Crippen LogP contribution in [0.2, 0.25) is 0 Å². The van der Waals surface area contributed by atoms with Crippen LogP contribution in [0.1, 0.15) is 36.7 Å². The van der Waals surface area contributed by atoms with Crippen molar-refractivity contribution in [2.45, 2.75) is 39.7 Å². The van der Waals surface area contributed by atoms with Gasteiger partial charge in [-0.2, -0.15) is 0 Å². The summed E-state index contributed by atoms with van der Waals surface area (Å²) < 4.78 is 5.70. The van der Waals surface area contributed by atoms with E-state index >= 15 is 0 Å². The molecule has 1 aromatic rings. The highest BCUT2D eigenvalue weighted by atomic mass is 32.1. The Kier molecular flexibility index (Phi) is 4.94. The van der Waals surface area contributed by atoms with Crippen LogP contribution < -0.4 is 10.6 Å². The molecule has 0 amide bonds. The van der Waals surface area contributed by atoms with Crippen molar-refractivity contribution in [3.8, 4) is 0 Å². The summed E-state index contributed by atoms with van der Waals surface area (Å²) in [5.74, 6) is 0. The van der Waals surface area contributed by atoms with Gasteiger partial charge in [0.1, 0.15) is 4.99 Å². The predicted octanol–water partition coefficient (Wildman–Crippen LogP) is 2.34. The monoisotopic (exact) mass is 293 g/mol. The minimum Gasteiger partial charge on any atom is -0.389 e. The Labute approximate surface area is 126 Å². The number of pyridine rings is 1. The largest absolute Gasteiger partial charge is 0.389 e. The van der Waals surface area contributed by atoms with Crippen molar-refractivity contribution in [3.05, 3.63) is 23.0 Å². The fraction of sp³-hybridized carbons (Fsp3) is 0.600. The number of hydrogen-bond donors (Lipinski definition) is 1. The smallest absolute Gasteiger partial charge is 0.107 e. The predicted molar refractivity (Wildman–Crippen MR) is 86.5 cm³/mol. The molecule has 110 valence electrons. The molecule has 1 aromatic heterocycles. The van der Waals surface area contributed by atoms with Gasteiger partial charge in [0, 0.05) is 31.1 Å². The van der Waals surface area contributed by atoms with Crippen LogP contribution in [0.15, 0.2) is 6.07 Å². The van der Waals surface area contributed by atoms with Gasteiger partial charge in [0.2, 0.25) is 0 Å². The van der Waals surface area contributed by atoms with Gasteiger partial charge in [0.05, 0.1) is 17.4 Å². The highest BCUT2D eigenvalue weighted by Gasteiger charge is 2.23. The van der Waals surface area contributed by atoms with E-state index in [1.807, 2.05) is 20.8 Å². The first-order valence-electron chi connectivity index (χ1n) is 7.17. The van der Waals surface area contributed by atoms with Crippen molar-refractivity contribution >= 4 is 22.9 Å². The van der Waals surface area contributed by atoms with Crippen LogP contribution >= 0.6 is 12.2 Å². The Bertz CT molecular complexity index is 496. The fourth-order valence-electron chi connectivity index (χ4n) is 2.86. The van der Waals surface area contributed by atoms with E-state index in [0.717, 1.165) is 55.2 Å². The minimum atomic E-state index is 0.383. The van der Waals surface area contributed by atoms with E-state index in [0.29, 0.717) is 11.1 Å². The Morgan fingerprint density at radius 1 is 1.45 bits per heavy atom. The lowest BCUT2D eigenvalue weighted by molar-refractivity contribution is 0.0459. The summed E-state index contributed by atoms with van der Waals surface area (Å²) in [6.07, 6.45) is 2.48. The van der Waals surface area contributed by atoms with Crippen LogP contribution in [0, 0.1) is 13.8 Å². The van der Waals surface area contributed by atoms with Crippen LogP contribution in [0.25, 0.3) is 0 Å². The van der Waals surface area contributed by atoms with Gasteiger partial charge in [0.25, 0.3) is 0 Å². The molecule has 0 unspecified atom stereocenters. The van der Waals surface area contributed by atoms with Crippen LogP contribution in [-0.4, -0.2) is 35.8 Å².